The second-order valence-corrected chi connectivity index (χ2v) is 30.6. The molecule has 15 aromatic rings. The van der Waals surface area contributed by atoms with Gasteiger partial charge in [-0.2, -0.15) is 0 Å². The van der Waals surface area contributed by atoms with E-state index in [4.69, 9.17) is 0 Å². The van der Waals surface area contributed by atoms with Gasteiger partial charge in [0.2, 0.25) is 0 Å². The third-order valence-electron chi connectivity index (χ3n) is 25.0. The molecule has 0 heterocycles. The van der Waals surface area contributed by atoms with Crippen LogP contribution in [0.5, 0.6) is 0 Å². The molecule has 0 bridgehead atoms. The van der Waals surface area contributed by atoms with Gasteiger partial charge in [0.25, 0.3) is 0 Å². The molecule has 0 N–H and O–H groups in total. The van der Waals surface area contributed by atoms with Gasteiger partial charge in [-0.05, 0) is 238 Å². The van der Waals surface area contributed by atoms with Crippen LogP contribution in [0.4, 0.5) is 64.9 Å². The summed E-state index contributed by atoms with van der Waals surface area (Å²) >= 11 is 0. The lowest BCUT2D eigenvalue weighted by Gasteiger charge is -2.35. The minimum absolute atomic E-state index is 0.0410. The molecule has 3 unspecified atom stereocenters. The first-order valence-corrected chi connectivity index (χ1v) is 38.5. The Morgan fingerprint density at radius 1 is 0.316 bits per heavy atom. The predicted octanol–water partition coefficient (Wildman–Crippen LogP) is 27.7. The van der Waals surface area contributed by atoms with Crippen LogP contribution in [-0.4, -0.2) is 0 Å². The number of hydrogen-bond acceptors (Lipinski definition) is 2. The molecule has 2 nitrogen and oxygen atoms in total. The highest BCUT2D eigenvalue weighted by Crippen LogP contribution is 2.69. The zero-order valence-electron chi connectivity index (χ0n) is 61.5. The Labute approximate surface area is 656 Å². The van der Waals surface area contributed by atoms with Crippen molar-refractivity contribution in [1.82, 2.24) is 0 Å². The number of halogens is 7. The third-order valence-corrected chi connectivity index (χ3v) is 25.0. The van der Waals surface area contributed by atoms with Crippen LogP contribution in [0.1, 0.15) is 90.7 Å². The van der Waals surface area contributed by atoms with Crippen LogP contribution in [0.3, 0.4) is 0 Å². The number of nitrogens with zero attached hydrogens (tertiary/aromatic N) is 2. The highest BCUT2D eigenvalue weighted by molar-refractivity contribution is 6.06. The summed E-state index contributed by atoms with van der Waals surface area (Å²) in [7, 11) is 0. The van der Waals surface area contributed by atoms with Crippen LogP contribution in [-0.2, 0) is 29.1 Å². The summed E-state index contributed by atoms with van der Waals surface area (Å²) in [5.74, 6) is -10.2. The minimum Gasteiger partial charge on any atom is -0.310 e. The van der Waals surface area contributed by atoms with Crippen molar-refractivity contribution in [2.45, 2.75) is 41.9 Å². The van der Waals surface area contributed by atoms with Gasteiger partial charge in [-0.1, -0.05) is 268 Å². The van der Waals surface area contributed by atoms with Crippen LogP contribution in [0.25, 0.3) is 84.5 Å². The number of fused-ring (bicyclic) bond motifs is 18. The van der Waals surface area contributed by atoms with E-state index < -0.39 is 62.5 Å². The highest BCUT2D eigenvalue weighted by Gasteiger charge is 2.57. The van der Waals surface area contributed by atoms with E-state index in [1.165, 1.54) is 6.07 Å². The van der Waals surface area contributed by atoms with Gasteiger partial charge in [-0.15, -0.1) is 0 Å². The normalized spacial score (nSPS) is 17.0. The molecule has 546 valence electrons. The van der Waals surface area contributed by atoms with Crippen LogP contribution >= 0.6 is 0 Å². The summed E-state index contributed by atoms with van der Waals surface area (Å²) in [4.78, 5) is 4.38. The van der Waals surface area contributed by atoms with Crippen molar-refractivity contribution in [2.75, 3.05) is 9.80 Å². The second-order valence-electron chi connectivity index (χ2n) is 30.6. The number of anilines is 6. The van der Waals surface area contributed by atoms with Gasteiger partial charge in [0.15, 0.2) is 34.9 Å². The van der Waals surface area contributed by atoms with Gasteiger partial charge in [0.05, 0.1) is 21.9 Å². The molecule has 1 spiro atoms. The summed E-state index contributed by atoms with van der Waals surface area (Å²) in [5, 5.41) is 0. The molecule has 3 atom stereocenters. The van der Waals surface area contributed by atoms with Gasteiger partial charge in [-0.3, -0.25) is 0 Å². The van der Waals surface area contributed by atoms with Crippen LogP contribution in [0.2, 0.25) is 0 Å². The molecule has 0 aromatic heterocycles. The zero-order chi connectivity index (χ0) is 77.0. The summed E-state index contributed by atoms with van der Waals surface area (Å²) in [5.41, 5.74) is 22.1. The van der Waals surface area contributed by atoms with E-state index in [1.54, 1.807) is 12.2 Å². The smallest absolute Gasteiger partial charge is 0.194 e. The summed E-state index contributed by atoms with van der Waals surface area (Å²) < 4.78 is 118. The zero-order valence-corrected chi connectivity index (χ0v) is 61.5. The molecular weight excluding hydrogens is 1420 g/mol. The van der Waals surface area contributed by atoms with E-state index in [2.05, 4.69) is 205 Å². The summed E-state index contributed by atoms with van der Waals surface area (Å²) in [6, 6.07) is 102. The quantitative estimate of drug-likeness (QED) is 0.0573. The van der Waals surface area contributed by atoms with Crippen molar-refractivity contribution >= 4 is 51.8 Å². The molecule has 114 heavy (non-hydrogen) atoms. The fraction of sp³-hybridized carbons (Fsp3) is 0.0667. The van der Waals surface area contributed by atoms with Gasteiger partial charge >= 0.3 is 0 Å². The predicted molar refractivity (Wildman–Crippen MR) is 446 cm³/mol. The molecule has 21 rings (SSSR count). The largest absolute Gasteiger partial charge is 0.310 e. The molecule has 15 aromatic carbocycles. The molecule has 0 saturated carbocycles. The standard InChI is InChI=1S/C105H67F7N2/c1-3-62-31-35-64(36-32-62)60-103(98-91(106)59-93(108)100(110)102(98)112)84-27-15-11-23-75(84)79-50-47-72(55-88(79)103)113(70-43-39-68(40-44-70)66-19-7-5-8-20-66)73-48-51-80-76-24-13-17-29-86(76)105(89(80)56-73)87-30-18-14-25-77(87)81-52-49-74(57-90(81)105)114(71-45-41-69(42-46-71)67-21-9-6-10-22-67)94-54-53-82-78-26-12-16-28-85(78)104(61-65-37-33-63(4-2)34-38-65)96(82)95(94)83-58-92(107)99(109)101(111)97(83)104/h3-15,17-27,29-59H,1-2,16,28,60-61H2. The number of rotatable bonds is 15. The first-order valence-electron chi connectivity index (χ1n) is 38.5. The fourth-order valence-corrected chi connectivity index (χ4v) is 20.3. The lowest BCUT2D eigenvalue weighted by Crippen LogP contribution is -2.33. The van der Waals surface area contributed by atoms with Crippen LogP contribution in [0.15, 0.2) is 340 Å². The van der Waals surface area contributed by atoms with Crippen molar-refractivity contribution < 1.29 is 30.7 Å². The van der Waals surface area contributed by atoms with E-state index in [0.717, 1.165) is 128 Å². The Balaban J connectivity index is 0.801. The number of hydrogen-bond donors (Lipinski definition) is 0. The fourth-order valence-electron chi connectivity index (χ4n) is 20.3. The van der Waals surface area contributed by atoms with Gasteiger partial charge in [0, 0.05) is 51.2 Å². The van der Waals surface area contributed by atoms with Crippen LogP contribution in [0, 0.1) is 40.7 Å². The van der Waals surface area contributed by atoms with E-state index in [-0.39, 0.29) is 18.4 Å². The Kier molecular flexibility index (Phi) is 15.6. The van der Waals surface area contributed by atoms with E-state index in [9.17, 15) is 0 Å². The Morgan fingerprint density at radius 3 is 1.28 bits per heavy atom. The van der Waals surface area contributed by atoms with E-state index >= 15 is 30.7 Å². The third kappa shape index (κ3) is 9.81. The number of allylic oxidation sites excluding steroid dienone is 4. The molecule has 9 heteroatoms. The maximum absolute atomic E-state index is 18.0. The van der Waals surface area contributed by atoms with Crippen molar-refractivity contribution in [2.24, 2.45) is 0 Å². The maximum Gasteiger partial charge on any atom is 0.194 e. The Morgan fingerprint density at radius 2 is 0.737 bits per heavy atom. The van der Waals surface area contributed by atoms with Crippen molar-refractivity contribution in [3.8, 4) is 66.8 Å². The maximum atomic E-state index is 18.0. The summed E-state index contributed by atoms with van der Waals surface area (Å²) in [6.07, 6.45) is 9.27. The van der Waals surface area contributed by atoms with Crippen molar-refractivity contribution in [1.29, 1.82) is 0 Å². The molecular formula is C105H67F7N2. The van der Waals surface area contributed by atoms with Crippen molar-refractivity contribution in [3.05, 3.63) is 459 Å². The van der Waals surface area contributed by atoms with Gasteiger partial charge in [-0.25, -0.2) is 30.7 Å². The Bertz CT molecular complexity index is 6650. The molecule has 0 fully saturated rings. The Hall–Kier alpha value is -13.6. The first kappa shape index (κ1) is 68.4. The lowest BCUT2D eigenvalue weighted by atomic mass is 9.68. The van der Waals surface area contributed by atoms with Gasteiger partial charge in [0.1, 0.15) is 5.82 Å². The minimum atomic E-state index is -1.77. The molecule has 6 aliphatic rings. The van der Waals surface area contributed by atoms with Crippen molar-refractivity contribution in [3.63, 3.8) is 0 Å². The average Bonchev–Trinajstić information content (AvgIpc) is 1.49. The molecule has 0 amide bonds. The van der Waals surface area contributed by atoms with Gasteiger partial charge < -0.3 is 9.80 Å². The summed E-state index contributed by atoms with van der Waals surface area (Å²) in [6.45, 7) is 7.98. The first-order chi connectivity index (χ1) is 55.8. The van der Waals surface area contributed by atoms with Crippen LogP contribution < -0.4 is 9.80 Å². The monoisotopic (exact) mass is 1490 g/mol. The molecule has 6 aliphatic carbocycles. The van der Waals surface area contributed by atoms with E-state index in [0.29, 0.717) is 69.2 Å². The second kappa shape index (κ2) is 26.0. The molecule has 0 saturated heterocycles. The molecule has 0 aliphatic heterocycles. The number of benzene rings is 15. The topological polar surface area (TPSA) is 6.48 Å². The molecule has 0 radical (unpaired) electrons. The highest BCUT2D eigenvalue weighted by atomic mass is 19.2. The SMILES string of the molecule is C=Cc1ccc(CC23C4=C(C=CCC4)c4ccc(N(c5ccc(-c6ccccc6)cc5)c5ccc6c(c5)C5(c7ccccc7-c7ccc(N(c8ccc(-c9ccccc9)cc8)c8ccc9c(c8)C(Cc8ccc(C=C)cc8)(c8c(F)cc(F)c(F)c8F)c8ccccc8-9)cc75)c5ccccc5-6)c(c42)-c2cc(F)c(F)c(F)c23)cc1. The average molecular weight is 1490 g/mol. The van der Waals surface area contributed by atoms with E-state index in [1.807, 2.05) is 127 Å². The lowest BCUT2D eigenvalue weighted by molar-refractivity contribution is 0.407.